The molecule has 0 spiro atoms. The quantitative estimate of drug-likeness (QED) is 0.0524. The van der Waals surface area contributed by atoms with Crippen LogP contribution >= 0.6 is 0 Å². The van der Waals surface area contributed by atoms with Crippen molar-refractivity contribution in [2.24, 2.45) is 17.2 Å². The average molecular weight is 1270 g/mol. The summed E-state index contributed by atoms with van der Waals surface area (Å²) in [5, 5.41) is 10.1. The standard InChI is InChI=1S/C24H27N7O2.C22H23N7O2.C22H22N6O2/c1-16(2)29-9-11-30(12-10-29)19-5-3-18(4-6-19)28-23-24-26-7-8-31(24)20(14-27-23)21-13-17(15-33-21)22(25)32;1-27-8-10-28(11-9-27)17-4-2-16(3-5-17)26-21-22-24-6-7-29(22)18(13-25-21)19-12-15(14-31-19)20(23)30;23-20(29)15-12-19(30-14-15)18-13-25-21(22-24-8-11-28(18)22)26-16-4-6-17(7-5-16)27-9-2-1-3-10-27/h3-8,13-16H,9-12H2,1-2H3,(H2,25,32)(H,27,28);2-7,12-14H,8-11H2,1H3,(H2,23,30)(H,25,26);4-8,11-14H,1-3,9-10H2,(H2,23,29)(H,25,26). The van der Waals surface area contributed by atoms with Gasteiger partial charge >= 0.3 is 0 Å². The molecule has 0 unspecified atom stereocenters. The highest BCUT2D eigenvalue weighted by Crippen LogP contribution is 2.32. The smallest absolute Gasteiger partial charge is 0.251 e. The van der Waals surface area contributed by atoms with Gasteiger partial charge in [0, 0.05) is 143 Å². The molecule has 26 nitrogen and oxygen atoms in total. The molecule has 3 aliphatic rings. The number of carbonyl (C=O) groups is 3. The van der Waals surface area contributed by atoms with Crippen molar-refractivity contribution in [3.8, 4) is 34.4 Å². The first-order chi connectivity index (χ1) is 45.8. The van der Waals surface area contributed by atoms with Gasteiger partial charge < -0.3 is 66.0 Å². The molecule has 0 saturated carbocycles. The van der Waals surface area contributed by atoms with E-state index in [1.165, 1.54) is 55.1 Å². The molecule has 0 aliphatic carbocycles. The Morgan fingerprint density at radius 1 is 0.426 bits per heavy atom. The number of hydrogen-bond donors (Lipinski definition) is 6. The number of piperazine rings is 2. The summed E-state index contributed by atoms with van der Waals surface area (Å²) in [6, 6.07) is 30.5. The van der Waals surface area contributed by atoms with E-state index in [0.717, 1.165) is 82.5 Å². The number of piperidine rings is 1. The Hall–Kier alpha value is -11.5. The first-order valence-electron chi connectivity index (χ1n) is 31.2. The van der Waals surface area contributed by atoms with Crippen LogP contribution in [0.2, 0.25) is 0 Å². The summed E-state index contributed by atoms with van der Waals surface area (Å²) in [6.07, 6.45) is 23.5. The van der Waals surface area contributed by atoms with Gasteiger partial charge in [0.05, 0.1) is 35.3 Å². The van der Waals surface area contributed by atoms with Gasteiger partial charge in [-0.3, -0.25) is 32.5 Å². The van der Waals surface area contributed by atoms with Gasteiger partial charge in [-0.2, -0.15) is 0 Å². The monoisotopic (exact) mass is 1260 g/mol. The molecule has 0 bridgehead atoms. The van der Waals surface area contributed by atoms with Gasteiger partial charge in [0.2, 0.25) is 0 Å². The summed E-state index contributed by atoms with van der Waals surface area (Å²) in [7, 11) is 2.15. The van der Waals surface area contributed by atoms with E-state index in [1.54, 1.807) is 55.4 Å². The Morgan fingerprint density at radius 2 is 0.745 bits per heavy atom. The van der Waals surface area contributed by atoms with Gasteiger partial charge in [0.15, 0.2) is 51.7 Å². The number of primary amides is 3. The van der Waals surface area contributed by atoms with Crippen LogP contribution in [-0.2, 0) is 0 Å². The minimum absolute atomic E-state index is 0.311. The van der Waals surface area contributed by atoms with Crippen LogP contribution in [0, 0.1) is 0 Å². The lowest BCUT2D eigenvalue weighted by Crippen LogP contribution is -2.48. The second kappa shape index (κ2) is 27.1. The molecule has 0 atom stereocenters. The molecule has 480 valence electrons. The molecule has 0 radical (unpaired) electrons. The lowest BCUT2D eigenvalue weighted by Gasteiger charge is -2.38. The Morgan fingerprint density at radius 3 is 1.05 bits per heavy atom. The van der Waals surface area contributed by atoms with Gasteiger partial charge in [-0.15, -0.1) is 0 Å². The van der Waals surface area contributed by atoms with Gasteiger partial charge in [0.25, 0.3) is 17.7 Å². The fourth-order valence-electron chi connectivity index (χ4n) is 11.8. The zero-order chi connectivity index (χ0) is 64.8. The van der Waals surface area contributed by atoms with Gasteiger partial charge in [-0.1, -0.05) is 0 Å². The molecule has 15 rings (SSSR count). The maximum atomic E-state index is 11.4. The highest BCUT2D eigenvalue weighted by molar-refractivity contribution is 5.95. The highest BCUT2D eigenvalue weighted by Gasteiger charge is 2.22. The molecule has 3 aromatic carbocycles. The lowest BCUT2D eigenvalue weighted by atomic mass is 10.1. The molecular weight excluding hydrogens is 1190 g/mol. The maximum Gasteiger partial charge on any atom is 0.251 e. The van der Waals surface area contributed by atoms with Crippen molar-refractivity contribution >= 4 is 86.2 Å². The van der Waals surface area contributed by atoms with Crippen LogP contribution in [-0.4, -0.2) is 149 Å². The SMILES string of the molecule is CC(C)N1CCN(c2ccc(Nc3ncc(-c4cc(C(N)=O)co4)n4ccnc34)cc2)CC1.CN1CCN(c2ccc(Nc3ncc(-c4cc(C(N)=O)co4)n4ccnc34)cc2)CC1.NC(=O)c1coc(-c2cnc(Nc3ccc(N4CCCCC4)cc3)c3nccn23)c1. The number of hydrogen-bond acceptors (Lipinski definition) is 20. The summed E-state index contributed by atoms with van der Waals surface area (Å²) in [6.45, 7) is 15.2. The van der Waals surface area contributed by atoms with E-state index in [-0.39, 0.29) is 0 Å². The number of furan rings is 3. The zero-order valence-electron chi connectivity index (χ0n) is 52.3. The minimum atomic E-state index is -0.539. The molecule has 3 saturated heterocycles. The van der Waals surface area contributed by atoms with Crippen molar-refractivity contribution in [3.63, 3.8) is 0 Å². The van der Waals surface area contributed by atoms with Crippen molar-refractivity contribution in [1.29, 1.82) is 0 Å². The summed E-state index contributed by atoms with van der Waals surface area (Å²) in [5.41, 5.74) is 27.4. The number of nitrogens with two attached hydrogens (primary N) is 3. The van der Waals surface area contributed by atoms with Crippen LogP contribution in [0.25, 0.3) is 51.3 Å². The van der Waals surface area contributed by atoms with E-state index in [9.17, 15) is 14.4 Å². The number of anilines is 9. The van der Waals surface area contributed by atoms with Crippen LogP contribution in [0.3, 0.4) is 0 Å². The van der Waals surface area contributed by atoms with E-state index in [0.29, 0.717) is 91.5 Å². The van der Waals surface area contributed by atoms with E-state index < -0.39 is 17.7 Å². The molecule has 26 heteroatoms. The molecule has 94 heavy (non-hydrogen) atoms. The second-order valence-electron chi connectivity index (χ2n) is 23.5. The van der Waals surface area contributed by atoms with E-state index in [1.807, 2.05) is 43.9 Å². The number of aromatic nitrogens is 9. The van der Waals surface area contributed by atoms with Gasteiger partial charge in [-0.05, 0) is 131 Å². The number of nitrogens with one attached hydrogen (secondary N) is 3. The lowest BCUT2D eigenvalue weighted by molar-refractivity contribution is 0.0991. The topological polar surface area (TPSA) is 312 Å². The third kappa shape index (κ3) is 13.4. The summed E-state index contributed by atoms with van der Waals surface area (Å²) in [5.74, 6) is 1.76. The predicted molar refractivity (Wildman–Crippen MR) is 361 cm³/mol. The number of likely N-dealkylation sites (N-methyl/N-ethyl adjacent to an activating group) is 1. The van der Waals surface area contributed by atoms with E-state index in [2.05, 4.69) is 152 Å². The predicted octanol–water partition coefficient (Wildman–Crippen LogP) is 9.77. The van der Waals surface area contributed by atoms with Gasteiger partial charge in [0.1, 0.15) is 35.9 Å². The van der Waals surface area contributed by atoms with Crippen molar-refractivity contribution in [2.45, 2.75) is 39.2 Å². The molecule has 3 fully saturated rings. The number of fused-ring (bicyclic) bond motifs is 3. The fraction of sp³-hybridized carbons (Fsp3) is 0.250. The normalized spacial score (nSPS) is 14.6. The second-order valence-corrected chi connectivity index (χ2v) is 23.5. The Kier molecular flexibility index (Phi) is 17.7. The molecule has 9 aromatic heterocycles. The summed E-state index contributed by atoms with van der Waals surface area (Å²) in [4.78, 5) is 73.2. The number of nitrogens with zero attached hydrogens (tertiary/aromatic N) is 14. The van der Waals surface area contributed by atoms with Crippen LogP contribution in [0.4, 0.5) is 51.6 Å². The number of amides is 3. The Balaban J connectivity index is 0.000000128. The first-order valence-corrected chi connectivity index (χ1v) is 31.2. The Labute approximate surface area is 540 Å². The van der Waals surface area contributed by atoms with Crippen molar-refractivity contribution in [1.82, 2.24) is 52.9 Å². The third-order valence-corrected chi connectivity index (χ3v) is 17.1. The van der Waals surface area contributed by atoms with Gasteiger partial charge in [-0.25, -0.2) is 29.9 Å². The maximum absolute atomic E-state index is 11.4. The summed E-state index contributed by atoms with van der Waals surface area (Å²) >= 11 is 0. The number of carbonyl (C=O) groups excluding carboxylic acids is 3. The number of benzene rings is 3. The van der Waals surface area contributed by atoms with Crippen molar-refractivity contribution < 1.29 is 27.6 Å². The average Bonchev–Trinajstić information content (AvgIpc) is 1.62. The highest BCUT2D eigenvalue weighted by atomic mass is 16.3. The van der Waals surface area contributed by atoms with Crippen molar-refractivity contribution in [3.05, 3.63) is 182 Å². The molecule has 12 heterocycles. The fourth-order valence-corrected chi connectivity index (χ4v) is 11.8. The molecule has 3 amide bonds. The van der Waals surface area contributed by atoms with Crippen LogP contribution < -0.4 is 47.9 Å². The van der Waals surface area contributed by atoms with E-state index >= 15 is 0 Å². The first kappa shape index (κ1) is 61.4. The largest absolute Gasteiger partial charge is 0.462 e. The minimum Gasteiger partial charge on any atom is -0.462 e. The van der Waals surface area contributed by atoms with Crippen molar-refractivity contribution in [2.75, 3.05) is 103 Å². The third-order valence-electron chi connectivity index (χ3n) is 17.1. The van der Waals surface area contributed by atoms with Crippen LogP contribution in [0.1, 0.15) is 64.2 Å². The molecule has 9 N–H and O–H groups in total. The number of rotatable bonds is 16. The van der Waals surface area contributed by atoms with Crippen LogP contribution in [0.5, 0.6) is 0 Å². The number of imidazole rings is 3. The van der Waals surface area contributed by atoms with Crippen LogP contribution in [0.15, 0.2) is 179 Å². The Bertz CT molecular complexity index is 4600. The summed E-state index contributed by atoms with van der Waals surface area (Å²) < 4.78 is 22.1. The molecule has 12 aromatic rings. The zero-order valence-corrected chi connectivity index (χ0v) is 52.3. The van der Waals surface area contributed by atoms with E-state index in [4.69, 9.17) is 30.5 Å². The molecule has 3 aliphatic heterocycles. The molecular formula is C68H72N20O6.